The maximum atomic E-state index is 4.03. The molecule has 0 saturated carbocycles. The summed E-state index contributed by atoms with van der Waals surface area (Å²) < 4.78 is 0. The van der Waals surface area contributed by atoms with E-state index in [0.717, 1.165) is 13.1 Å². The van der Waals surface area contributed by atoms with E-state index in [-0.39, 0.29) is 0 Å². The van der Waals surface area contributed by atoms with Crippen LogP contribution >= 0.6 is 0 Å². The fraction of sp³-hybridized carbons (Fsp3) is 0.786. The smallest absolute Gasteiger partial charge is 0.0535 e. The van der Waals surface area contributed by atoms with Crippen molar-refractivity contribution < 1.29 is 0 Å². The maximum absolute atomic E-state index is 4.03. The minimum atomic E-state index is 0.396. The van der Waals surface area contributed by atoms with E-state index in [4.69, 9.17) is 0 Å². The van der Waals surface area contributed by atoms with Gasteiger partial charge in [0.1, 0.15) is 0 Å². The number of unbranched alkanes of at least 4 members (excludes halogenated alkanes) is 2. The van der Waals surface area contributed by atoms with Crippen molar-refractivity contribution in [1.82, 2.24) is 15.5 Å². The summed E-state index contributed by atoms with van der Waals surface area (Å²) in [7, 11) is 0. The summed E-state index contributed by atoms with van der Waals surface area (Å²) in [5.41, 5.74) is 2.84. The Bertz CT molecular complexity index is 315. The number of hydrogen-bond donors (Lipinski definition) is 2. The monoisotopic (exact) mass is 237 g/mol. The highest BCUT2D eigenvalue weighted by Gasteiger charge is 2.16. The molecule has 0 fully saturated rings. The molecule has 0 spiro atoms. The zero-order chi connectivity index (χ0) is 12.7. The van der Waals surface area contributed by atoms with Gasteiger partial charge in [0.25, 0.3) is 0 Å². The van der Waals surface area contributed by atoms with E-state index >= 15 is 0 Å². The van der Waals surface area contributed by atoms with Gasteiger partial charge in [0.05, 0.1) is 6.20 Å². The third-order valence-electron chi connectivity index (χ3n) is 3.31. The van der Waals surface area contributed by atoms with Crippen molar-refractivity contribution in [3.63, 3.8) is 0 Å². The zero-order valence-electron chi connectivity index (χ0n) is 11.8. The zero-order valence-corrected chi connectivity index (χ0v) is 11.8. The molecule has 2 N–H and O–H groups in total. The molecular formula is C14H27N3. The molecule has 98 valence electrons. The van der Waals surface area contributed by atoms with Crippen LogP contribution in [0.3, 0.4) is 0 Å². The Kier molecular flexibility index (Phi) is 5.69. The molecule has 0 aliphatic carbocycles. The molecule has 3 nitrogen and oxygen atoms in total. The average Bonchev–Trinajstić information content (AvgIpc) is 2.64. The third kappa shape index (κ3) is 5.35. The lowest BCUT2D eigenvalue weighted by Crippen LogP contribution is -2.29. The molecule has 0 aromatic carbocycles. The largest absolute Gasteiger partial charge is 0.312 e. The number of nitrogens with zero attached hydrogens (tertiary/aromatic N) is 1. The van der Waals surface area contributed by atoms with Gasteiger partial charge in [-0.15, -0.1) is 0 Å². The molecule has 3 heteroatoms. The first-order valence-electron chi connectivity index (χ1n) is 6.75. The van der Waals surface area contributed by atoms with Crippen LogP contribution in [0.5, 0.6) is 0 Å². The SMILES string of the molecule is CCCCCC(C)(C)CNCc1cn[nH]c1C. The Balaban J connectivity index is 2.23. The number of aromatic amines is 1. The van der Waals surface area contributed by atoms with Crippen LogP contribution in [-0.2, 0) is 6.54 Å². The van der Waals surface area contributed by atoms with Crippen LogP contribution in [0, 0.1) is 12.3 Å². The first-order valence-corrected chi connectivity index (χ1v) is 6.75. The molecule has 0 radical (unpaired) electrons. The summed E-state index contributed by atoms with van der Waals surface area (Å²) in [6, 6.07) is 0. The maximum Gasteiger partial charge on any atom is 0.0535 e. The average molecular weight is 237 g/mol. The molecule has 0 bridgehead atoms. The Morgan fingerprint density at radius 2 is 2.12 bits per heavy atom. The van der Waals surface area contributed by atoms with Crippen molar-refractivity contribution in [2.45, 2.75) is 59.9 Å². The van der Waals surface area contributed by atoms with E-state index in [1.54, 1.807) is 0 Å². The van der Waals surface area contributed by atoms with E-state index < -0.39 is 0 Å². The van der Waals surface area contributed by atoms with Gasteiger partial charge in [0.2, 0.25) is 0 Å². The summed E-state index contributed by atoms with van der Waals surface area (Å²) in [6.07, 6.45) is 7.21. The summed E-state index contributed by atoms with van der Waals surface area (Å²) in [5, 5.41) is 10.5. The lowest BCUT2D eigenvalue weighted by molar-refractivity contribution is 0.302. The van der Waals surface area contributed by atoms with Crippen molar-refractivity contribution in [3.05, 3.63) is 17.5 Å². The predicted octanol–water partition coefficient (Wildman–Crippen LogP) is 3.41. The van der Waals surface area contributed by atoms with Crippen molar-refractivity contribution in [2.75, 3.05) is 6.54 Å². The van der Waals surface area contributed by atoms with E-state index in [1.807, 2.05) is 6.20 Å². The Labute approximate surface area is 105 Å². The molecule has 17 heavy (non-hydrogen) atoms. The molecular weight excluding hydrogens is 210 g/mol. The summed E-state index contributed by atoms with van der Waals surface area (Å²) in [5.74, 6) is 0. The first-order chi connectivity index (χ1) is 8.05. The minimum absolute atomic E-state index is 0.396. The number of aromatic nitrogens is 2. The van der Waals surface area contributed by atoms with Gasteiger partial charge in [-0.25, -0.2) is 0 Å². The third-order valence-corrected chi connectivity index (χ3v) is 3.31. The van der Waals surface area contributed by atoms with Gasteiger partial charge in [-0.05, 0) is 18.8 Å². The van der Waals surface area contributed by atoms with Gasteiger partial charge in [0.15, 0.2) is 0 Å². The van der Waals surface area contributed by atoms with Crippen LogP contribution in [0.4, 0.5) is 0 Å². The van der Waals surface area contributed by atoms with E-state index in [2.05, 4.69) is 43.2 Å². The molecule has 0 saturated heterocycles. The van der Waals surface area contributed by atoms with Crippen LogP contribution in [0.15, 0.2) is 6.20 Å². The van der Waals surface area contributed by atoms with Gasteiger partial charge < -0.3 is 5.32 Å². The van der Waals surface area contributed by atoms with Gasteiger partial charge in [-0.3, -0.25) is 5.10 Å². The molecule has 0 aliphatic heterocycles. The highest BCUT2D eigenvalue weighted by molar-refractivity contribution is 5.13. The second-order valence-corrected chi connectivity index (χ2v) is 5.75. The van der Waals surface area contributed by atoms with Gasteiger partial charge in [-0.2, -0.15) is 5.10 Å². The normalized spacial score (nSPS) is 12.0. The molecule has 0 unspecified atom stereocenters. The van der Waals surface area contributed by atoms with Crippen LogP contribution in [-0.4, -0.2) is 16.7 Å². The van der Waals surface area contributed by atoms with Crippen molar-refractivity contribution in [2.24, 2.45) is 5.41 Å². The van der Waals surface area contributed by atoms with E-state index in [1.165, 1.54) is 36.9 Å². The van der Waals surface area contributed by atoms with Crippen LogP contribution < -0.4 is 5.32 Å². The molecule has 0 aliphatic rings. The van der Waals surface area contributed by atoms with Crippen LogP contribution in [0.25, 0.3) is 0 Å². The van der Waals surface area contributed by atoms with Crippen LogP contribution in [0.2, 0.25) is 0 Å². The van der Waals surface area contributed by atoms with Gasteiger partial charge >= 0.3 is 0 Å². The van der Waals surface area contributed by atoms with Crippen molar-refractivity contribution in [1.29, 1.82) is 0 Å². The minimum Gasteiger partial charge on any atom is -0.312 e. The number of hydrogen-bond acceptors (Lipinski definition) is 2. The summed E-state index contributed by atoms with van der Waals surface area (Å²) in [6.45, 7) is 11.0. The predicted molar refractivity (Wildman–Crippen MR) is 73.0 cm³/mol. The van der Waals surface area contributed by atoms with Crippen LogP contribution in [0.1, 0.15) is 57.7 Å². The quantitative estimate of drug-likeness (QED) is 0.680. The molecule has 0 amide bonds. The van der Waals surface area contributed by atoms with Crippen molar-refractivity contribution >= 4 is 0 Å². The lowest BCUT2D eigenvalue weighted by Gasteiger charge is -2.25. The second-order valence-electron chi connectivity index (χ2n) is 5.75. The van der Waals surface area contributed by atoms with Crippen molar-refractivity contribution in [3.8, 4) is 0 Å². The van der Waals surface area contributed by atoms with E-state index in [9.17, 15) is 0 Å². The second kappa shape index (κ2) is 6.80. The Morgan fingerprint density at radius 3 is 2.71 bits per heavy atom. The molecule has 1 rings (SSSR count). The highest BCUT2D eigenvalue weighted by atomic mass is 15.1. The topological polar surface area (TPSA) is 40.7 Å². The molecule has 1 aromatic heterocycles. The fourth-order valence-corrected chi connectivity index (χ4v) is 2.03. The standard InChI is InChI=1S/C14H27N3/c1-5-6-7-8-14(3,4)11-15-9-13-10-16-17-12(13)2/h10,15H,5-9,11H2,1-4H3,(H,16,17). The Hall–Kier alpha value is -0.830. The molecule has 1 heterocycles. The number of nitrogens with one attached hydrogen (secondary N) is 2. The van der Waals surface area contributed by atoms with E-state index in [0.29, 0.717) is 5.41 Å². The van der Waals surface area contributed by atoms with Gasteiger partial charge in [-0.1, -0.05) is 40.0 Å². The lowest BCUT2D eigenvalue weighted by atomic mass is 9.87. The summed E-state index contributed by atoms with van der Waals surface area (Å²) >= 11 is 0. The highest BCUT2D eigenvalue weighted by Crippen LogP contribution is 2.22. The first kappa shape index (κ1) is 14.2. The number of aryl methyl sites for hydroxylation is 1. The fourth-order valence-electron chi connectivity index (χ4n) is 2.03. The Morgan fingerprint density at radius 1 is 1.35 bits per heavy atom. The molecule has 0 atom stereocenters. The molecule has 1 aromatic rings. The number of H-pyrrole nitrogens is 1. The summed E-state index contributed by atoms with van der Waals surface area (Å²) in [4.78, 5) is 0. The number of rotatable bonds is 8. The van der Waals surface area contributed by atoms with Gasteiger partial charge in [0, 0.05) is 24.3 Å².